The number of aryl methyl sites for hydroxylation is 1. The first-order valence-electron chi connectivity index (χ1n) is 17.6. The lowest BCUT2D eigenvalue weighted by Crippen LogP contribution is -2.57. The van der Waals surface area contributed by atoms with Crippen molar-refractivity contribution in [2.45, 2.75) is 25.8 Å². The summed E-state index contributed by atoms with van der Waals surface area (Å²) in [4.78, 5) is 54.0. The summed E-state index contributed by atoms with van der Waals surface area (Å²) in [6.07, 6.45) is 13.2. The normalized spacial score (nSPS) is 14.1. The van der Waals surface area contributed by atoms with Gasteiger partial charge in [0, 0.05) is 55.9 Å². The molecule has 9 rings (SSSR count). The van der Waals surface area contributed by atoms with Gasteiger partial charge in [-0.1, -0.05) is 0 Å². The number of H-pyrrole nitrogens is 2. The summed E-state index contributed by atoms with van der Waals surface area (Å²) in [5.41, 5.74) is 1.28. The van der Waals surface area contributed by atoms with Gasteiger partial charge < -0.3 is 29.3 Å². The van der Waals surface area contributed by atoms with Crippen LogP contribution in [0.25, 0.3) is 33.9 Å². The van der Waals surface area contributed by atoms with E-state index in [4.69, 9.17) is 5.26 Å². The fourth-order valence-electron chi connectivity index (χ4n) is 5.99. The molecule has 21 heteroatoms. The van der Waals surface area contributed by atoms with Gasteiger partial charge in [-0.3, -0.25) is 9.59 Å². The number of nitriles is 1. The van der Waals surface area contributed by atoms with Crippen molar-refractivity contribution in [1.29, 1.82) is 5.26 Å². The lowest BCUT2D eigenvalue weighted by Gasteiger charge is -2.37. The molecule has 5 aromatic heterocycles. The van der Waals surface area contributed by atoms with Crippen LogP contribution < -0.4 is 5.32 Å². The SMILES string of the molecule is Cc1cn(-c2cc(F)cc(F)c2F)cn1.Ic1cnc[nH]1.N#CC1CN(C(=O)[C@H](NC(=O)c2c[nH]c3ncc(-c4cn(-c5cc(F)cc(F)c5F)cn4)nc23)C2CC2)C1. The van der Waals surface area contributed by atoms with Gasteiger partial charge in [-0.25, -0.2) is 51.3 Å². The predicted octanol–water partition coefficient (Wildman–Crippen LogP) is 6.33. The number of nitrogens with zero attached hydrogens (tertiary/aromatic N) is 9. The van der Waals surface area contributed by atoms with Gasteiger partial charge in [-0.05, 0) is 48.3 Å². The van der Waals surface area contributed by atoms with Gasteiger partial charge in [0.25, 0.3) is 5.91 Å². The molecule has 3 N–H and O–H groups in total. The summed E-state index contributed by atoms with van der Waals surface area (Å²) in [6, 6.07) is 4.14. The van der Waals surface area contributed by atoms with Gasteiger partial charge >= 0.3 is 0 Å². The average molecular weight is 927 g/mol. The molecule has 2 fully saturated rings. The van der Waals surface area contributed by atoms with E-state index < -0.39 is 46.9 Å². The van der Waals surface area contributed by atoms with E-state index in [-0.39, 0.29) is 51.6 Å². The Morgan fingerprint density at radius 3 is 2.07 bits per heavy atom. The number of amides is 2. The quantitative estimate of drug-likeness (QED) is 0.0943. The number of fused-ring (bicyclic) bond motifs is 1. The van der Waals surface area contributed by atoms with E-state index >= 15 is 0 Å². The van der Waals surface area contributed by atoms with Gasteiger partial charge in [0.05, 0.1) is 63.4 Å². The topological polar surface area (TPSA) is 179 Å². The zero-order valence-electron chi connectivity index (χ0n) is 30.5. The second-order valence-corrected chi connectivity index (χ2v) is 14.6. The summed E-state index contributed by atoms with van der Waals surface area (Å²) in [7, 11) is 0. The summed E-state index contributed by atoms with van der Waals surface area (Å²) >= 11 is 2.16. The van der Waals surface area contributed by atoms with E-state index in [9.17, 15) is 35.9 Å². The highest BCUT2D eigenvalue weighted by Crippen LogP contribution is 2.35. The van der Waals surface area contributed by atoms with Crippen molar-refractivity contribution in [2.75, 3.05) is 13.1 Å². The number of carbonyl (C=O) groups excluding carboxylic acids is 2. The van der Waals surface area contributed by atoms with Crippen LogP contribution in [0.2, 0.25) is 0 Å². The molecule has 6 heterocycles. The van der Waals surface area contributed by atoms with Crippen LogP contribution in [0.3, 0.4) is 0 Å². The molecule has 0 spiro atoms. The van der Waals surface area contributed by atoms with Crippen LogP contribution in [0.1, 0.15) is 28.9 Å². The van der Waals surface area contributed by atoms with Crippen LogP contribution in [0.4, 0.5) is 26.3 Å². The van der Waals surface area contributed by atoms with Crippen molar-refractivity contribution in [3.8, 4) is 28.8 Å². The van der Waals surface area contributed by atoms with Gasteiger partial charge in [-0.15, -0.1) is 0 Å². The van der Waals surface area contributed by atoms with Gasteiger partial charge in [0.1, 0.15) is 40.9 Å². The number of likely N-dealkylation sites (tertiary alicyclic amines) is 1. The Bertz CT molecular complexity index is 2700. The molecule has 0 unspecified atom stereocenters. The van der Waals surface area contributed by atoms with Crippen molar-refractivity contribution >= 4 is 45.6 Å². The maximum Gasteiger partial charge on any atom is 0.255 e. The Morgan fingerprint density at radius 1 is 0.881 bits per heavy atom. The number of aromatic amines is 2. The molecule has 0 radical (unpaired) electrons. The van der Waals surface area contributed by atoms with Crippen LogP contribution in [-0.4, -0.2) is 79.9 Å². The van der Waals surface area contributed by atoms with E-state index in [1.165, 1.54) is 42.0 Å². The van der Waals surface area contributed by atoms with E-state index in [0.29, 0.717) is 36.6 Å². The first-order valence-corrected chi connectivity index (χ1v) is 18.7. The number of carbonyl (C=O) groups is 2. The Morgan fingerprint density at radius 2 is 1.53 bits per heavy atom. The van der Waals surface area contributed by atoms with Crippen molar-refractivity contribution < 1.29 is 35.9 Å². The fourth-order valence-corrected chi connectivity index (χ4v) is 6.29. The van der Waals surface area contributed by atoms with E-state index in [0.717, 1.165) is 33.2 Å². The van der Waals surface area contributed by atoms with Crippen LogP contribution in [0.5, 0.6) is 0 Å². The Labute approximate surface area is 343 Å². The first kappa shape index (κ1) is 40.6. The largest absolute Gasteiger partial charge is 0.344 e. The number of benzene rings is 2. The summed E-state index contributed by atoms with van der Waals surface area (Å²) in [6.45, 7) is 2.41. The lowest BCUT2D eigenvalue weighted by atomic mass is 9.99. The van der Waals surface area contributed by atoms with Crippen LogP contribution >= 0.6 is 22.6 Å². The Balaban J connectivity index is 0.000000205. The molecule has 2 amide bonds. The molecule has 1 aliphatic heterocycles. The molecule has 302 valence electrons. The zero-order valence-corrected chi connectivity index (χ0v) is 32.6. The molecule has 1 aliphatic carbocycles. The third-order valence-electron chi connectivity index (χ3n) is 9.17. The third kappa shape index (κ3) is 9.11. The minimum absolute atomic E-state index is 0.0384. The van der Waals surface area contributed by atoms with Gasteiger partial charge in [0.2, 0.25) is 5.91 Å². The van der Waals surface area contributed by atoms with E-state index in [1.807, 2.05) is 0 Å². The highest BCUT2D eigenvalue weighted by Gasteiger charge is 2.43. The van der Waals surface area contributed by atoms with E-state index in [1.54, 1.807) is 24.3 Å². The minimum atomic E-state index is -1.33. The molecule has 7 aromatic rings. The number of imidazole rings is 3. The number of aromatic nitrogens is 9. The molecule has 1 saturated carbocycles. The van der Waals surface area contributed by atoms with E-state index in [2.05, 4.69) is 68.9 Å². The van der Waals surface area contributed by atoms with Crippen LogP contribution in [-0.2, 0) is 4.79 Å². The average Bonchev–Trinajstić information content (AvgIpc) is 3.57. The second kappa shape index (κ2) is 17.1. The number of hydrogen-bond acceptors (Lipinski definition) is 8. The molecule has 14 nitrogen and oxygen atoms in total. The van der Waals surface area contributed by atoms with Crippen LogP contribution in [0.15, 0.2) is 74.2 Å². The fraction of sp³-hybridized carbons (Fsp3) is 0.211. The summed E-state index contributed by atoms with van der Waals surface area (Å²) in [5.74, 6) is -7.49. The number of halogens is 7. The maximum atomic E-state index is 14.2. The monoisotopic (exact) mass is 926 g/mol. The third-order valence-corrected chi connectivity index (χ3v) is 9.76. The Hall–Kier alpha value is -6.57. The summed E-state index contributed by atoms with van der Waals surface area (Å²) in [5, 5.41) is 11.8. The molecule has 59 heavy (non-hydrogen) atoms. The number of rotatable bonds is 7. The molecule has 1 saturated heterocycles. The molecule has 0 bridgehead atoms. The maximum absolute atomic E-state index is 14.2. The highest BCUT2D eigenvalue weighted by atomic mass is 127. The van der Waals surface area contributed by atoms with Crippen molar-refractivity contribution in [3.05, 3.63) is 124 Å². The summed E-state index contributed by atoms with van der Waals surface area (Å²) < 4.78 is 84.0. The molecular weight excluding hydrogens is 897 g/mol. The number of hydrogen-bond donors (Lipinski definition) is 3. The van der Waals surface area contributed by atoms with Gasteiger partial charge in [-0.2, -0.15) is 5.26 Å². The van der Waals surface area contributed by atoms with Crippen LogP contribution in [0, 0.1) is 68.7 Å². The standard InChI is InChI=1S/C25H19F3N8O2.C10H7F3N2.C3H3IN2/c26-14-3-16(27)20(28)19(4-14)36-10-18(32-11-36)17-7-31-23-22(33-17)15(6-30-23)24(37)34-21(13-1-2-13)25(38)35-8-12(5-29)9-35;1-6-4-15(5-14-6)9-3-7(11)2-8(12)10(9)13;4-3-1-5-2-6-3/h3-4,6-7,10-13,21H,1-2,8-9H2,(H,30,31)(H,34,37);2-5H,1H3;1-2H,(H,5,6)/t21-;;/m1../s1. The minimum Gasteiger partial charge on any atom is -0.344 e. The molecule has 2 aliphatic rings. The zero-order chi connectivity index (χ0) is 42.0. The van der Waals surface area contributed by atoms with Gasteiger partial charge in [0.15, 0.2) is 28.9 Å². The lowest BCUT2D eigenvalue weighted by molar-refractivity contribution is -0.138. The van der Waals surface area contributed by atoms with Crippen molar-refractivity contribution in [3.63, 3.8) is 0 Å². The second-order valence-electron chi connectivity index (χ2n) is 13.4. The Kier molecular flexibility index (Phi) is 11.8. The highest BCUT2D eigenvalue weighted by molar-refractivity contribution is 14.1. The first-order chi connectivity index (χ1) is 28.3. The predicted molar refractivity (Wildman–Crippen MR) is 205 cm³/mol. The van der Waals surface area contributed by atoms with Crippen molar-refractivity contribution in [2.24, 2.45) is 11.8 Å². The van der Waals surface area contributed by atoms with Crippen molar-refractivity contribution in [1.82, 2.24) is 54.2 Å². The smallest absolute Gasteiger partial charge is 0.255 e. The number of nitrogens with one attached hydrogen (secondary N) is 3. The molecule has 2 aromatic carbocycles. The molecule has 1 atom stereocenters. The molecular formula is C38H29F6IN12O2.